The molecule has 0 saturated carbocycles. The van der Waals surface area contributed by atoms with Crippen LogP contribution in [0.1, 0.15) is 23.6 Å². The van der Waals surface area contributed by atoms with Gasteiger partial charge in [-0.15, -0.1) is 0 Å². The number of nitrogen functional groups attached to an aromatic ring is 1. The highest BCUT2D eigenvalue weighted by Gasteiger charge is 2.68. The van der Waals surface area contributed by atoms with Gasteiger partial charge in [-0.05, 0) is 36.1 Å². The molecule has 9 heteroatoms. The van der Waals surface area contributed by atoms with E-state index in [0.29, 0.717) is 22.6 Å². The Morgan fingerprint density at radius 3 is 2.38 bits per heavy atom. The number of hydrogen-bond acceptors (Lipinski definition) is 6. The average Bonchev–Trinajstić information content (AvgIpc) is 3.27. The number of nitrogens with one attached hydrogen (secondary N) is 2. The first-order chi connectivity index (χ1) is 15.3. The van der Waals surface area contributed by atoms with Crippen LogP contribution < -0.4 is 16.0 Å². The Morgan fingerprint density at radius 1 is 1.16 bits per heavy atom. The predicted molar refractivity (Wildman–Crippen MR) is 123 cm³/mol. The summed E-state index contributed by atoms with van der Waals surface area (Å²) in [7, 11) is 0. The van der Waals surface area contributed by atoms with Crippen LogP contribution in [0.25, 0.3) is 0 Å². The minimum Gasteiger partial charge on any atom is -0.480 e. The van der Waals surface area contributed by atoms with Gasteiger partial charge in [-0.25, -0.2) is 4.90 Å². The fourth-order valence-corrected chi connectivity index (χ4v) is 5.31. The molecule has 4 unspecified atom stereocenters. The highest BCUT2D eigenvalue weighted by atomic mass is 32.2. The quantitative estimate of drug-likeness (QED) is 0.286. The number of anilines is 1. The number of carboxylic acid groups (broad SMARTS) is 1. The number of hydrogen-bond donors (Lipinski definition) is 4. The van der Waals surface area contributed by atoms with Gasteiger partial charge in [0.05, 0.1) is 17.5 Å². The lowest BCUT2D eigenvalue weighted by atomic mass is 9.78. The van der Waals surface area contributed by atoms with Crippen LogP contribution in [0.5, 0.6) is 0 Å². The van der Waals surface area contributed by atoms with Crippen LogP contribution in [0, 0.1) is 17.2 Å². The summed E-state index contributed by atoms with van der Waals surface area (Å²) < 4.78 is 0. The third kappa shape index (κ3) is 3.37. The summed E-state index contributed by atoms with van der Waals surface area (Å²) >= 11 is 1.49. The third-order valence-corrected chi connectivity index (χ3v) is 6.94. The molecule has 2 amide bonds. The van der Waals surface area contributed by atoms with E-state index in [4.69, 9.17) is 11.1 Å². The van der Waals surface area contributed by atoms with Crippen molar-refractivity contribution in [3.63, 3.8) is 0 Å². The van der Waals surface area contributed by atoms with Gasteiger partial charge >= 0.3 is 5.97 Å². The van der Waals surface area contributed by atoms with Crippen LogP contribution in [0.4, 0.5) is 5.69 Å². The molecule has 2 aliphatic heterocycles. The molecule has 2 heterocycles. The van der Waals surface area contributed by atoms with E-state index >= 15 is 0 Å². The number of benzene rings is 2. The van der Waals surface area contributed by atoms with Crippen LogP contribution >= 0.6 is 11.8 Å². The number of carbonyl (C=O) groups excluding carboxylic acids is 2. The maximum absolute atomic E-state index is 13.6. The molecule has 2 aromatic rings. The van der Waals surface area contributed by atoms with Crippen LogP contribution in [-0.2, 0) is 14.4 Å². The second-order valence-corrected chi connectivity index (χ2v) is 9.01. The fraction of sp³-hybridized carbons (Fsp3) is 0.304. The molecule has 0 spiro atoms. The highest BCUT2D eigenvalue weighted by molar-refractivity contribution is 7.98. The van der Waals surface area contributed by atoms with Gasteiger partial charge < -0.3 is 10.8 Å². The zero-order valence-corrected chi connectivity index (χ0v) is 18.3. The fourth-order valence-electron chi connectivity index (χ4n) is 4.79. The summed E-state index contributed by atoms with van der Waals surface area (Å²) in [4.78, 5) is 40.8. The van der Waals surface area contributed by atoms with Gasteiger partial charge in [0.25, 0.3) is 0 Å². The monoisotopic (exact) mass is 452 g/mol. The maximum Gasteiger partial charge on any atom is 0.324 e. The summed E-state index contributed by atoms with van der Waals surface area (Å²) in [5.41, 5.74) is 5.62. The minimum atomic E-state index is -1.56. The summed E-state index contributed by atoms with van der Waals surface area (Å²) in [6, 6.07) is 14.7. The Bertz CT molecular complexity index is 1080. The van der Waals surface area contributed by atoms with E-state index in [1.54, 1.807) is 54.6 Å². The molecule has 2 saturated heterocycles. The van der Waals surface area contributed by atoms with Crippen molar-refractivity contribution in [2.45, 2.75) is 18.0 Å². The summed E-state index contributed by atoms with van der Waals surface area (Å²) in [5, 5.41) is 21.0. The summed E-state index contributed by atoms with van der Waals surface area (Å²) in [5.74, 6) is -3.50. The van der Waals surface area contributed by atoms with Crippen molar-refractivity contribution in [2.24, 2.45) is 17.6 Å². The predicted octanol–water partition coefficient (Wildman–Crippen LogP) is 2.00. The number of fused-ring (bicyclic) bond motifs is 1. The number of nitrogens with two attached hydrogens (primary N) is 1. The SMILES string of the molecule is CSCCC1(C(=O)O)NC(c2ccc(C(=N)N)cc2)C2C(=O)N(c3ccccc3)C(=O)C21. The van der Waals surface area contributed by atoms with Gasteiger partial charge in [-0.3, -0.25) is 25.1 Å². The molecule has 0 aliphatic carbocycles. The third-order valence-electron chi connectivity index (χ3n) is 6.33. The van der Waals surface area contributed by atoms with Gasteiger partial charge in [0.2, 0.25) is 11.8 Å². The highest BCUT2D eigenvalue weighted by Crippen LogP contribution is 2.51. The van der Waals surface area contributed by atoms with E-state index in [9.17, 15) is 19.5 Å². The van der Waals surface area contributed by atoms with Crippen LogP contribution in [0.2, 0.25) is 0 Å². The summed E-state index contributed by atoms with van der Waals surface area (Å²) in [6.07, 6.45) is 2.08. The van der Waals surface area contributed by atoms with E-state index in [1.165, 1.54) is 11.8 Å². The van der Waals surface area contributed by atoms with E-state index in [0.717, 1.165) is 4.90 Å². The van der Waals surface area contributed by atoms with Gasteiger partial charge in [-0.2, -0.15) is 11.8 Å². The first-order valence-corrected chi connectivity index (χ1v) is 11.6. The smallest absolute Gasteiger partial charge is 0.324 e. The van der Waals surface area contributed by atoms with E-state index in [2.05, 4.69) is 5.32 Å². The standard InChI is InChI=1S/C23H24N4O4S/c1-32-12-11-23(22(30)31)17-16(18(26-23)13-7-9-14(10-8-13)19(24)25)20(28)27(21(17)29)15-5-3-2-4-6-15/h2-10,16-18,26H,11-12H2,1H3,(H3,24,25)(H,30,31). The lowest BCUT2D eigenvalue weighted by Gasteiger charge is -2.31. The molecular weight excluding hydrogens is 428 g/mol. The molecule has 2 aliphatic rings. The van der Waals surface area contributed by atoms with E-state index in [-0.39, 0.29) is 12.3 Å². The Labute approximate surface area is 189 Å². The van der Waals surface area contributed by atoms with Crippen LogP contribution in [-0.4, -0.2) is 46.3 Å². The Morgan fingerprint density at radius 2 is 1.81 bits per heavy atom. The molecule has 4 atom stereocenters. The zero-order chi connectivity index (χ0) is 23.0. The number of aliphatic carboxylic acids is 1. The van der Waals surface area contributed by atoms with Crippen LogP contribution in [0.15, 0.2) is 54.6 Å². The summed E-state index contributed by atoms with van der Waals surface area (Å²) in [6.45, 7) is 0. The molecule has 2 aromatic carbocycles. The number of thioether (sulfide) groups is 1. The van der Waals surface area contributed by atoms with E-state index < -0.39 is 41.2 Å². The number of carbonyl (C=O) groups is 3. The number of nitrogens with zero attached hydrogens (tertiary/aromatic N) is 1. The Balaban J connectivity index is 1.82. The molecule has 0 radical (unpaired) electrons. The van der Waals surface area contributed by atoms with Crippen molar-refractivity contribution in [3.05, 3.63) is 65.7 Å². The van der Waals surface area contributed by atoms with Gasteiger partial charge in [0.15, 0.2) is 0 Å². The number of para-hydroxylation sites is 1. The number of amidine groups is 1. The van der Waals surface area contributed by atoms with Crippen molar-refractivity contribution < 1.29 is 19.5 Å². The first-order valence-electron chi connectivity index (χ1n) is 10.2. The zero-order valence-electron chi connectivity index (χ0n) is 17.4. The molecule has 32 heavy (non-hydrogen) atoms. The molecule has 0 aromatic heterocycles. The Kier molecular flexibility index (Phi) is 5.79. The number of imide groups is 1. The molecule has 166 valence electrons. The van der Waals surface area contributed by atoms with Gasteiger partial charge in [0, 0.05) is 11.6 Å². The molecular formula is C23H24N4O4S. The lowest BCUT2D eigenvalue weighted by Crippen LogP contribution is -2.56. The van der Waals surface area contributed by atoms with Crippen molar-refractivity contribution in [1.29, 1.82) is 5.41 Å². The molecule has 2 fully saturated rings. The molecule has 8 nitrogen and oxygen atoms in total. The number of rotatable bonds is 7. The first kappa shape index (κ1) is 22.0. The lowest BCUT2D eigenvalue weighted by molar-refractivity contribution is -0.148. The molecule has 5 N–H and O–H groups in total. The second-order valence-electron chi connectivity index (χ2n) is 8.03. The van der Waals surface area contributed by atoms with Gasteiger partial charge in [-0.1, -0.05) is 42.5 Å². The number of carboxylic acids is 1. The minimum absolute atomic E-state index is 0.0870. The van der Waals surface area contributed by atoms with Crippen LogP contribution in [0.3, 0.4) is 0 Å². The Hall–Kier alpha value is -3.17. The van der Waals surface area contributed by atoms with Crippen molar-refractivity contribution in [3.8, 4) is 0 Å². The van der Waals surface area contributed by atoms with E-state index in [1.807, 2.05) is 6.26 Å². The van der Waals surface area contributed by atoms with Gasteiger partial charge in [0.1, 0.15) is 11.4 Å². The maximum atomic E-state index is 13.6. The topological polar surface area (TPSA) is 137 Å². The van der Waals surface area contributed by atoms with Crippen molar-refractivity contribution in [2.75, 3.05) is 16.9 Å². The molecule has 4 rings (SSSR count). The number of amides is 2. The average molecular weight is 453 g/mol. The van der Waals surface area contributed by atoms with Crippen molar-refractivity contribution in [1.82, 2.24) is 5.32 Å². The second kappa shape index (κ2) is 8.40. The van der Waals surface area contributed by atoms with Crippen molar-refractivity contribution >= 4 is 41.1 Å². The normalized spacial score (nSPS) is 26.9. The molecule has 0 bridgehead atoms. The largest absolute Gasteiger partial charge is 0.480 e.